The van der Waals surface area contributed by atoms with Gasteiger partial charge in [0.2, 0.25) is 0 Å². The third-order valence-corrected chi connectivity index (χ3v) is 2.03. The van der Waals surface area contributed by atoms with E-state index in [2.05, 4.69) is 0 Å². The molecule has 0 spiro atoms. The molecule has 0 saturated carbocycles. The zero-order valence-corrected chi connectivity index (χ0v) is 12.9. The maximum absolute atomic E-state index is 11.3. The largest absolute Gasteiger partial charge is 0.457 e. The van der Waals surface area contributed by atoms with Crippen LogP contribution in [0, 0.1) is 0 Å². The van der Waals surface area contributed by atoms with E-state index in [0.717, 1.165) is 0 Å². The van der Waals surface area contributed by atoms with Crippen molar-refractivity contribution in [2.24, 2.45) is 11.5 Å². The summed E-state index contributed by atoms with van der Waals surface area (Å²) in [4.78, 5) is 22.6. The van der Waals surface area contributed by atoms with Gasteiger partial charge in [0, 0.05) is 23.5 Å². The van der Waals surface area contributed by atoms with Gasteiger partial charge in [0.15, 0.2) is 0 Å². The lowest BCUT2D eigenvalue weighted by atomic mass is 10.4. The lowest BCUT2D eigenvalue weighted by Gasteiger charge is -2.15. The van der Waals surface area contributed by atoms with E-state index in [1.807, 2.05) is 0 Å². The Bertz CT molecular complexity index is 372. The van der Waals surface area contributed by atoms with E-state index < -0.39 is 24.1 Å². The number of esters is 2. The molecule has 0 radical (unpaired) electrons. The molecule has 7 nitrogen and oxygen atoms in total. The number of nitrogens with two attached hydrogens (primary N) is 2. The Hall–Kier alpha value is -2.02. The standard InChI is InChI=1S/C14H24N2O5/c1-9(15)5-13(17)20-11(3)7-19-8-12(4)21-14(18)6-10(2)16/h5-6,11-12H,7-8,15-16H2,1-4H3/b9-5-,10-6-. The predicted molar refractivity (Wildman–Crippen MR) is 77.8 cm³/mol. The molecule has 21 heavy (non-hydrogen) atoms. The van der Waals surface area contributed by atoms with Gasteiger partial charge in [-0.25, -0.2) is 9.59 Å². The normalized spacial score (nSPS) is 15.2. The number of allylic oxidation sites excluding steroid dienone is 2. The average molecular weight is 300 g/mol. The van der Waals surface area contributed by atoms with Crippen LogP contribution in [-0.2, 0) is 23.8 Å². The van der Waals surface area contributed by atoms with Crippen LogP contribution < -0.4 is 11.5 Å². The fraction of sp³-hybridized carbons (Fsp3) is 0.571. The Labute approximate surface area is 124 Å². The molecule has 7 heteroatoms. The molecule has 0 rings (SSSR count). The van der Waals surface area contributed by atoms with Crippen LogP contribution in [0.3, 0.4) is 0 Å². The van der Waals surface area contributed by atoms with Crippen LogP contribution in [0.1, 0.15) is 27.7 Å². The summed E-state index contributed by atoms with van der Waals surface area (Å²) in [5, 5.41) is 0. The monoisotopic (exact) mass is 300 g/mol. The van der Waals surface area contributed by atoms with E-state index in [9.17, 15) is 9.59 Å². The second-order valence-corrected chi connectivity index (χ2v) is 4.81. The second kappa shape index (κ2) is 9.82. The zero-order valence-electron chi connectivity index (χ0n) is 12.9. The van der Waals surface area contributed by atoms with Crippen molar-refractivity contribution in [3.8, 4) is 0 Å². The highest BCUT2D eigenvalue weighted by Crippen LogP contribution is 1.99. The van der Waals surface area contributed by atoms with Gasteiger partial charge < -0.3 is 25.7 Å². The van der Waals surface area contributed by atoms with Gasteiger partial charge in [-0.2, -0.15) is 0 Å². The Morgan fingerprint density at radius 1 is 0.905 bits per heavy atom. The van der Waals surface area contributed by atoms with Crippen LogP contribution in [0.4, 0.5) is 0 Å². The van der Waals surface area contributed by atoms with Gasteiger partial charge in [0.05, 0.1) is 13.2 Å². The summed E-state index contributed by atoms with van der Waals surface area (Å²) in [7, 11) is 0. The van der Waals surface area contributed by atoms with E-state index in [-0.39, 0.29) is 13.2 Å². The van der Waals surface area contributed by atoms with Crippen LogP contribution in [0.2, 0.25) is 0 Å². The summed E-state index contributed by atoms with van der Waals surface area (Å²) < 4.78 is 15.4. The SMILES string of the molecule is C/C(N)=C/C(=O)OC(C)COCC(C)OC(=O)/C=C(/C)N. The van der Waals surface area contributed by atoms with Crippen molar-refractivity contribution in [2.75, 3.05) is 13.2 Å². The highest BCUT2D eigenvalue weighted by Gasteiger charge is 2.11. The van der Waals surface area contributed by atoms with Crippen LogP contribution in [-0.4, -0.2) is 37.4 Å². The first-order chi connectivity index (χ1) is 9.70. The van der Waals surface area contributed by atoms with E-state index in [1.165, 1.54) is 12.2 Å². The van der Waals surface area contributed by atoms with Gasteiger partial charge in [0.1, 0.15) is 12.2 Å². The number of rotatable bonds is 8. The molecular weight excluding hydrogens is 276 g/mol. The summed E-state index contributed by atoms with van der Waals surface area (Å²) in [6.07, 6.45) is 1.54. The Morgan fingerprint density at radius 3 is 1.52 bits per heavy atom. The minimum absolute atomic E-state index is 0.191. The van der Waals surface area contributed by atoms with Gasteiger partial charge in [-0.05, 0) is 27.7 Å². The smallest absolute Gasteiger partial charge is 0.332 e. The van der Waals surface area contributed by atoms with Gasteiger partial charge >= 0.3 is 11.9 Å². The van der Waals surface area contributed by atoms with E-state index in [0.29, 0.717) is 11.4 Å². The van der Waals surface area contributed by atoms with Crippen LogP contribution in [0.15, 0.2) is 23.5 Å². The molecule has 120 valence electrons. The zero-order chi connectivity index (χ0) is 16.4. The predicted octanol–water partition coefficient (Wildman–Crippen LogP) is 0.591. The number of carbonyl (C=O) groups is 2. The van der Waals surface area contributed by atoms with Crippen molar-refractivity contribution in [3.05, 3.63) is 23.5 Å². The van der Waals surface area contributed by atoms with Crippen molar-refractivity contribution in [1.29, 1.82) is 0 Å². The van der Waals surface area contributed by atoms with E-state index in [4.69, 9.17) is 25.7 Å². The molecule has 0 bridgehead atoms. The van der Waals surface area contributed by atoms with Gasteiger partial charge in [-0.3, -0.25) is 0 Å². The average Bonchev–Trinajstić information content (AvgIpc) is 2.25. The maximum atomic E-state index is 11.3. The molecule has 0 amide bonds. The van der Waals surface area contributed by atoms with Crippen molar-refractivity contribution in [1.82, 2.24) is 0 Å². The number of carbonyl (C=O) groups excluding carboxylic acids is 2. The first-order valence-corrected chi connectivity index (χ1v) is 6.57. The summed E-state index contributed by atoms with van der Waals surface area (Å²) in [6, 6.07) is 0. The van der Waals surface area contributed by atoms with Crippen molar-refractivity contribution in [2.45, 2.75) is 39.9 Å². The third-order valence-electron chi connectivity index (χ3n) is 2.03. The summed E-state index contributed by atoms with van der Waals surface area (Å²) in [5.41, 5.74) is 11.5. The second-order valence-electron chi connectivity index (χ2n) is 4.81. The Morgan fingerprint density at radius 2 is 1.24 bits per heavy atom. The number of hydrogen-bond donors (Lipinski definition) is 2. The number of hydrogen-bond acceptors (Lipinski definition) is 7. The highest BCUT2D eigenvalue weighted by molar-refractivity contribution is 5.83. The molecule has 0 aliphatic heterocycles. The first kappa shape index (κ1) is 19.0. The van der Waals surface area contributed by atoms with Crippen LogP contribution in [0.25, 0.3) is 0 Å². The van der Waals surface area contributed by atoms with Crippen LogP contribution >= 0.6 is 0 Å². The molecule has 0 fully saturated rings. The Balaban J connectivity index is 3.93. The quantitative estimate of drug-likeness (QED) is 0.498. The van der Waals surface area contributed by atoms with Crippen molar-refractivity contribution >= 4 is 11.9 Å². The minimum atomic E-state index is -0.519. The summed E-state index contributed by atoms with van der Waals surface area (Å²) in [5.74, 6) is -1.04. The maximum Gasteiger partial charge on any atom is 0.332 e. The van der Waals surface area contributed by atoms with Gasteiger partial charge in [-0.1, -0.05) is 0 Å². The molecule has 0 aliphatic carbocycles. The molecule has 0 heterocycles. The minimum Gasteiger partial charge on any atom is -0.457 e. The lowest BCUT2D eigenvalue weighted by molar-refractivity contribution is -0.148. The fourth-order valence-corrected chi connectivity index (χ4v) is 1.30. The van der Waals surface area contributed by atoms with E-state index in [1.54, 1.807) is 27.7 Å². The van der Waals surface area contributed by atoms with Crippen molar-refractivity contribution in [3.63, 3.8) is 0 Å². The molecular formula is C14H24N2O5. The molecule has 0 aliphatic rings. The van der Waals surface area contributed by atoms with Gasteiger partial charge in [-0.15, -0.1) is 0 Å². The van der Waals surface area contributed by atoms with E-state index >= 15 is 0 Å². The molecule has 2 atom stereocenters. The number of ether oxygens (including phenoxy) is 3. The molecule has 0 aromatic heterocycles. The topological polar surface area (TPSA) is 114 Å². The first-order valence-electron chi connectivity index (χ1n) is 6.57. The Kier molecular flexibility index (Phi) is 8.87. The van der Waals surface area contributed by atoms with Crippen LogP contribution in [0.5, 0.6) is 0 Å². The summed E-state index contributed by atoms with van der Waals surface area (Å²) >= 11 is 0. The molecule has 4 N–H and O–H groups in total. The molecule has 0 saturated heterocycles. The fourth-order valence-electron chi connectivity index (χ4n) is 1.30. The van der Waals surface area contributed by atoms with Crippen molar-refractivity contribution < 1.29 is 23.8 Å². The summed E-state index contributed by atoms with van der Waals surface area (Å²) in [6.45, 7) is 6.95. The lowest BCUT2D eigenvalue weighted by Crippen LogP contribution is -2.25. The highest BCUT2D eigenvalue weighted by atomic mass is 16.6. The third kappa shape index (κ3) is 11.5. The molecule has 0 aromatic rings. The molecule has 2 unspecified atom stereocenters. The molecule has 0 aromatic carbocycles. The van der Waals surface area contributed by atoms with Gasteiger partial charge in [0.25, 0.3) is 0 Å².